The van der Waals surface area contributed by atoms with Gasteiger partial charge in [-0.15, -0.1) is 0 Å². The second kappa shape index (κ2) is 13.2. The van der Waals surface area contributed by atoms with Gasteiger partial charge in [-0.3, -0.25) is 19.2 Å². The summed E-state index contributed by atoms with van der Waals surface area (Å²) in [5, 5.41) is 4.16. The van der Waals surface area contributed by atoms with E-state index in [0.717, 1.165) is 60.9 Å². The first-order chi connectivity index (χ1) is 22.6. The maximum atomic E-state index is 13.9. The van der Waals surface area contributed by atoms with Crippen LogP contribution in [0, 0.1) is 29.1 Å². The SMILES string of the molecule is CCC1CC2CC(C)CC(COC3CCN(c4ccc5c(n4)N4CC(CCCNc6cccc(n6)SNC5=O)CC4(C)C)C3=O)(C1)C2. The van der Waals surface area contributed by atoms with Gasteiger partial charge in [-0.2, -0.15) is 0 Å². The topological polar surface area (TPSA) is 99.7 Å². The molecule has 2 aromatic heterocycles. The number of carbonyl (C=O) groups is 2. The van der Waals surface area contributed by atoms with Gasteiger partial charge in [-0.05, 0) is 119 Å². The summed E-state index contributed by atoms with van der Waals surface area (Å²) in [5.74, 6) is 4.62. The average Bonchev–Trinajstić information content (AvgIpc) is 3.57. The minimum absolute atomic E-state index is 0.00808. The Bertz CT molecular complexity index is 1480. The zero-order valence-corrected chi connectivity index (χ0v) is 29.4. The largest absolute Gasteiger partial charge is 0.370 e. The third-order valence-electron chi connectivity index (χ3n) is 11.6. The van der Waals surface area contributed by atoms with Gasteiger partial charge in [0.25, 0.3) is 11.8 Å². The Labute approximate surface area is 284 Å². The Morgan fingerprint density at radius 1 is 1.02 bits per heavy atom. The number of pyridine rings is 2. The van der Waals surface area contributed by atoms with Crippen LogP contribution in [0.15, 0.2) is 35.4 Å². The van der Waals surface area contributed by atoms with E-state index >= 15 is 0 Å². The molecule has 0 spiro atoms. The van der Waals surface area contributed by atoms with Crippen molar-refractivity contribution in [2.45, 2.75) is 109 Å². The lowest BCUT2D eigenvalue weighted by atomic mass is 9.56. The Morgan fingerprint density at radius 3 is 2.74 bits per heavy atom. The highest BCUT2D eigenvalue weighted by Gasteiger charge is 2.47. The molecule has 5 aliphatic rings. The van der Waals surface area contributed by atoms with Gasteiger partial charge in [0.15, 0.2) is 0 Å². The van der Waals surface area contributed by atoms with Crippen LogP contribution in [0.3, 0.4) is 0 Å². The Hall–Kier alpha value is -2.85. The van der Waals surface area contributed by atoms with Crippen LogP contribution in [0.5, 0.6) is 0 Å². The number of hydrogen-bond acceptors (Lipinski definition) is 8. The molecule has 6 atom stereocenters. The molecule has 254 valence electrons. The van der Waals surface area contributed by atoms with Crippen LogP contribution in [-0.4, -0.2) is 59.7 Å². The molecule has 2 aromatic rings. The number of hydrogen-bond donors (Lipinski definition) is 2. The van der Waals surface area contributed by atoms with Crippen molar-refractivity contribution in [1.29, 1.82) is 0 Å². The molecule has 0 aromatic carbocycles. The summed E-state index contributed by atoms with van der Waals surface area (Å²) in [5.41, 5.74) is 0.541. The van der Waals surface area contributed by atoms with E-state index in [1.54, 1.807) is 4.90 Å². The van der Waals surface area contributed by atoms with Crippen LogP contribution in [-0.2, 0) is 9.53 Å². The minimum atomic E-state index is -0.439. The molecule has 0 radical (unpaired) electrons. The summed E-state index contributed by atoms with van der Waals surface area (Å²) in [7, 11) is 0. The lowest BCUT2D eigenvalue weighted by Crippen LogP contribution is -2.44. The van der Waals surface area contributed by atoms with Gasteiger partial charge in [0, 0.05) is 43.5 Å². The number of rotatable bonds is 5. The normalized spacial score (nSPS) is 32.2. The van der Waals surface area contributed by atoms with Gasteiger partial charge in [0.1, 0.15) is 28.6 Å². The second-order valence-electron chi connectivity index (χ2n) is 15.9. The fourth-order valence-electron chi connectivity index (χ4n) is 9.74. The predicted molar refractivity (Wildman–Crippen MR) is 188 cm³/mol. The highest BCUT2D eigenvalue weighted by atomic mass is 32.2. The smallest absolute Gasteiger partial charge is 0.265 e. The number of carbonyl (C=O) groups excluding carboxylic acids is 2. The van der Waals surface area contributed by atoms with Crippen LogP contribution < -0.4 is 19.8 Å². The Kier molecular flexibility index (Phi) is 9.19. The number of ether oxygens (including phenoxy) is 1. The van der Waals surface area contributed by atoms with E-state index in [1.165, 1.54) is 50.5 Å². The summed E-state index contributed by atoms with van der Waals surface area (Å²) in [4.78, 5) is 41.5. The summed E-state index contributed by atoms with van der Waals surface area (Å²) < 4.78 is 9.57. The van der Waals surface area contributed by atoms with Gasteiger partial charge in [0.2, 0.25) is 0 Å². The van der Waals surface area contributed by atoms with Crippen molar-refractivity contribution in [2.24, 2.45) is 29.1 Å². The average molecular weight is 661 g/mol. The monoisotopic (exact) mass is 660 g/mol. The van der Waals surface area contributed by atoms with Crippen molar-refractivity contribution >= 4 is 41.2 Å². The molecule has 4 fully saturated rings. The third kappa shape index (κ3) is 6.87. The molecule has 47 heavy (non-hydrogen) atoms. The first-order valence-electron chi connectivity index (χ1n) is 18.0. The van der Waals surface area contributed by atoms with E-state index in [-0.39, 0.29) is 22.8 Å². The van der Waals surface area contributed by atoms with Gasteiger partial charge >= 0.3 is 0 Å². The lowest BCUT2D eigenvalue weighted by Gasteiger charge is -2.50. The van der Waals surface area contributed by atoms with Crippen molar-refractivity contribution in [3.8, 4) is 0 Å². The van der Waals surface area contributed by atoms with Crippen LogP contribution >= 0.6 is 11.9 Å². The number of nitrogens with one attached hydrogen (secondary N) is 2. The first-order valence-corrected chi connectivity index (χ1v) is 18.8. The highest BCUT2D eigenvalue weighted by Crippen LogP contribution is 2.54. The van der Waals surface area contributed by atoms with Gasteiger partial charge in [-0.1, -0.05) is 26.3 Å². The molecule has 6 bridgehead atoms. The van der Waals surface area contributed by atoms with Crippen molar-refractivity contribution < 1.29 is 14.3 Å². The fraction of sp³-hybridized carbons (Fsp3) is 0.676. The lowest BCUT2D eigenvalue weighted by molar-refractivity contribution is -0.133. The molecule has 7 rings (SSSR count). The summed E-state index contributed by atoms with van der Waals surface area (Å²) in [6.45, 7) is 12.1. The Balaban J connectivity index is 1.12. The van der Waals surface area contributed by atoms with Crippen molar-refractivity contribution in [2.75, 3.05) is 41.4 Å². The molecule has 6 unspecified atom stereocenters. The molecule has 2 N–H and O–H groups in total. The van der Waals surface area contributed by atoms with Crippen LogP contribution in [0.1, 0.15) is 102 Å². The number of aromatic nitrogens is 2. The number of amides is 2. The molecule has 3 aliphatic heterocycles. The molecule has 10 heteroatoms. The van der Waals surface area contributed by atoms with E-state index in [4.69, 9.17) is 9.72 Å². The molecular weight excluding hydrogens is 609 g/mol. The number of anilines is 3. The summed E-state index contributed by atoms with van der Waals surface area (Å²) in [6.07, 6.45) is 11.0. The maximum Gasteiger partial charge on any atom is 0.265 e. The molecular formula is C37H52N6O3S. The molecule has 2 saturated carbocycles. The summed E-state index contributed by atoms with van der Waals surface area (Å²) in [6, 6.07) is 9.49. The standard InChI is InChI=1S/C37H52N6O3S/c1-5-25-17-27-16-24(2)18-37(20-25,21-27)23-46-29-13-15-42(35(29)45)31-12-11-28-33(40-31)43-22-26(19-36(43,3)4)8-7-14-38-30-9-6-10-32(39-30)47-41-34(28)44/h6,9-12,24-27,29H,5,7-8,13-23H2,1-4H3,(H,38,39)(H,41,44). The first kappa shape index (κ1) is 32.7. The van der Waals surface area contributed by atoms with E-state index in [1.807, 2.05) is 30.3 Å². The van der Waals surface area contributed by atoms with Gasteiger partial charge < -0.3 is 15.0 Å². The second-order valence-corrected chi connectivity index (χ2v) is 16.7. The van der Waals surface area contributed by atoms with Crippen LogP contribution in [0.2, 0.25) is 0 Å². The molecule has 9 nitrogen and oxygen atoms in total. The quantitative estimate of drug-likeness (QED) is 0.328. The minimum Gasteiger partial charge on any atom is -0.370 e. The molecule has 2 amide bonds. The molecule has 5 heterocycles. The number of fused-ring (bicyclic) bond motifs is 8. The third-order valence-corrected chi connectivity index (χ3v) is 12.3. The number of nitrogens with zero attached hydrogens (tertiary/aromatic N) is 4. The zero-order valence-electron chi connectivity index (χ0n) is 28.6. The van der Waals surface area contributed by atoms with Crippen molar-refractivity contribution in [3.05, 3.63) is 35.9 Å². The maximum absolute atomic E-state index is 13.9. The van der Waals surface area contributed by atoms with Crippen molar-refractivity contribution in [1.82, 2.24) is 14.7 Å². The van der Waals surface area contributed by atoms with E-state index in [9.17, 15) is 9.59 Å². The van der Waals surface area contributed by atoms with E-state index < -0.39 is 6.10 Å². The zero-order chi connectivity index (χ0) is 32.8. The predicted octanol–water partition coefficient (Wildman–Crippen LogP) is 7.09. The van der Waals surface area contributed by atoms with Gasteiger partial charge in [-0.25, -0.2) is 9.97 Å². The van der Waals surface area contributed by atoms with Crippen LogP contribution in [0.4, 0.5) is 17.5 Å². The van der Waals surface area contributed by atoms with Crippen molar-refractivity contribution in [3.63, 3.8) is 0 Å². The highest BCUT2D eigenvalue weighted by molar-refractivity contribution is 7.97. The molecule has 2 aliphatic carbocycles. The fourth-order valence-corrected chi connectivity index (χ4v) is 10.3. The van der Waals surface area contributed by atoms with Gasteiger partial charge in [0.05, 0.1) is 12.2 Å². The van der Waals surface area contributed by atoms with E-state index in [2.05, 4.69) is 47.6 Å². The Morgan fingerprint density at radius 2 is 1.89 bits per heavy atom. The summed E-state index contributed by atoms with van der Waals surface area (Å²) >= 11 is 1.21. The van der Waals surface area contributed by atoms with Crippen LogP contribution in [0.25, 0.3) is 0 Å². The van der Waals surface area contributed by atoms with E-state index in [0.29, 0.717) is 42.7 Å². The molecule has 2 saturated heterocycles.